The summed E-state index contributed by atoms with van der Waals surface area (Å²) in [5.41, 5.74) is 6.43. The molecular formula is C23H26ClF2N7O2. The van der Waals surface area contributed by atoms with Crippen molar-refractivity contribution in [3.63, 3.8) is 0 Å². The first-order valence-corrected chi connectivity index (χ1v) is 12.1. The molecule has 12 heteroatoms. The molecule has 9 nitrogen and oxygen atoms in total. The van der Waals surface area contributed by atoms with Crippen LogP contribution in [-0.4, -0.2) is 42.7 Å². The lowest BCUT2D eigenvalue weighted by Crippen LogP contribution is -2.29. The van der Waals surface area contributed by atoms with E-state index in [-0.39, 0.29) is 46.7 Å². The van der Waals surface area contributed by atoms with Crippen LogP contribution in [-0.2, 0) is 4.79 Å². The van der Waals surface area contributed by atoms with Crippen LogP contribution in [0.3, 0.4) is 0 Å². The van der Waals surface area contributed by atoms with E-state index in [1.54, 1.807) is 6.20 Å². The molecule has 3 aromatic rings. The van der Waals surface area contributed by atoms with E-state index >= 15 is 0 Å². The molecule has 5 N–H and O–H groups in total. The third-order valence-electron chi connectivity index (χ3n) is 6.88. The third-order valence-corrected chi connectivity index (χ3v) is 7.18. The number of hydrogen-bond acceptors (Lipinski definition) is 7. The number of hydrogen-bond donors (Lipinski definition) is 4. The Morgan fingerprint density at radius 1 is 1.14 bits per heavy atom. The molecule has 2 aliphatic carbocycles. The molecule has 2 aliphatic rings. The van der Waals surface area contributed by atoms with Crippen molar-refractivity contribution in [2.45, 2.75) is 63.1 Å². The van der Waals surface area contributed by atoms with E-state index in [1.165, 1.54) is 0 Å². The van der Waals surface area contributed by atoms with Gasteiger partial charge in [0.1, 0.15) is 11.3 Å². The Labute approximate surface area is 205 Å². The van der Waals surface area contributed by atoms with Crippen molar-refractivity contribution >= 4 is 46.3 Å². The number of anilines is 3. The van der Waals surface area contributed by atoms with E-state index in [0.717, 1.165) is 25.0 Å². The molecule has 2 aromatic heterocycles. The molecule has 0 aliphatic heterocycles. The average molecular weight is 506 g/mol. The molecule has 1 amide bonds. The van der Waals surface area contributed by atoms with Gasteiger partial charge in [0, 0.05) is 24.1 Å². The summed E-state index contributed by atoms with van der Waals surface area (Å²) in [6.07, 6.45) is 5.91. The van der Waals surface area contributed by atoms with Crippen molar-refractivity contribution in [2.75, 3.05) is 10.6 Å². The van der Waals surface area contributed by atoms with Gasteiger partial charge in [-0.3, -0.25) is 9.36 Å². The Morgan fingerprint density at radius 2 is 1.91 bits per heavy atom. The van der Waals surface area contributed by atoms with Gasteiger partial charge in [-0.15, -0.1) is 0 Å². The molecule has 0 radical (unpaired) electrons. The van der Waals surface area contributed by atoms with Crippen molar-refractivity contribution in [2.24, 2.45) is 11.7 Å². The smallest absolute Gasteiger partial charge is 0.224 e. The fraction of sp³-hybridized carbons (Fsp3) is 0.478. The number of nitrogens with one attached hydrogen (secondary N) is 2. The number of aromatic nitrogens is 4. The van der Waals surface area contributed by atoms with Crippen LogP contribution >= 0.6 is 11.6 Å². The standard InChI is InChI=1S/C23H26ClF2N7O2/c24-16-7-12(25)8-17(26)19(16)31-23-30-18-10-28-22(29-13-3-6-15(34)9-13)32-21(18)33(23)14-4-1-11(2-5-14)20(27)35/h7-8,10-11,13-15,34H,1-6,9H2,(H2,27,35)(H,30,31)(H,28,29,32)/t11-,13-,14-,15-/m1/s1. The molecule has 0 bridgehead atoms. The van der Waals surface area contributed by atoms with E-state index in [2.05, 4.69) is 20.6 Å². The topological polar surface area (TPSA) is 131 Å². The summed E-state index contributed by atoms with van der Waals surface area (Å²) < 4.78 is 30.0. The first-order chi connectivity index (χ1) is 16.8. The van der Waals surface area contributed by atoms with Gasteiger partial charge in [-0.05, 0) is 51.0 Å². The lowest BCUT2D eigenvalue weighted by atomic mass is 9.85. The number of aliphatic hydroxyl groups excluding tert-OH is 1. The van der Waals surface area contributed by atoms with E-state index < -0.39 is 11.6 Å². The van der Waals surface area contributed by atoms with Gasteiger partial charge >= 0.3 is 0 Å². The molecule has 2 fully saturated rings. The number of nitrogens with zero attached hydrogens (tertiary/aromatic N) is 4. The van der Waals surface area contributed by atoms with Crippen LogP contribution in [0.4, 0.5) is 26.4 Å². The van der Waals surface area contributed by atoms with Crippen molar-refractivity contribution in [1.29, 1.82) is 0 Å². The zero-order valence-corrected chi connectivity index (χ0v) is 19.6. The summed E-state index contributed by atoms with van der Waals surface area (Å²) >= 11 is 6.12. The molecule has 5 rings (SSSR count). The Hall–Kier alpha value is -3.05. The number of aliphatic hydroxyl groups is 1. The van der Waals surface area contributed by atoms with Crippen LogP contribution in [0.1, 0.15) is 51.0 Å². The van der Waals surface area contributed by atoms with E-state index in [1.807, 2.05) is 4.57 Å². The maximum atomic E-state index is 14.6. The highest BCUT2D eigenvalue weighted by atomic mass is 35.5. The summed E-state index contributed by atoms with van der Waals surface area (Å²) in [6, 6.07) is 1.75. The molecule has 0 spiro atoms. The Bertz CT molecular complexity index is 1240. The fourth-order valence-electron chi connectivity index (χ4n) is 5.06. The van der Waals surface area contributed by atoms with Gasteiger partial charge in [0.25, 0.3) is 0 Å². The van der Waals surface area contributed by atoms with Crippen molar-refractivity contribution in [1.82, 2.24) is 19.5 Å². The average Bonchev–Trinajstić information content (AvgIpc) is 3.38. The van der Waals surface area contributed by atoms with Crippen LogP contribution in [0, 0.1) is 17.6 Å². The first-order valence-electron chi connectivity index (χ1n) is 11.7. The van der Waals surface area contributed by atoms with E-state index in [0.29, 0.717) is 49.2 Å². The maximum absolute atomic E-state index is 14.6. The summed E-state index contributed by atoms with van der Waals surface area (Å²) in [5.74, 6) is -1.44. The van der Waals surface area contributed by atoms with E-state index in [4.69, 9.17) is 22.3 Å². The third kappa shape index (κ3) is 4.87. The van der Waals surface area contributed by atoms with Crippen LogP contribution in [0.25, 0.3) is 11.2 Å². The molecular weight excluding hydrogens is 480 g/mol. The lowest BCUT2D eigenvalue weighted by molar-refractivity contribution is -0.122. The number of rotatable bonds is 6. The van der Waals surface area contributed by atoms with Gasteiger partial charge in [0.05, 0.1) is 23.0 Å². The van der Waals surface area contributed by atoms with Crippen LogP contribution in [0.15, 0.2) is 18.3 Å². The molecule has 186 valence electrons. The van der Waals surface area contributed by atoms with Crippen LogP contribution < -0.4 is 16.4 Å². The van der Waals surface area contributed by atoms with Gasteiger partial charge in [0.15, 0.2) is 11.5 Å². The zero-order chi connectivity index (χ0) is 24.7. The van der Waals surface area contributed by atoms with Crippen molar-refractivity contribution < 1.29 is 18.7 Å². The Kier molecular flexibility index (Phi) is 6.45. The predicted octanol–water partition coefficient (Wildman–Crippen LogP) is 4.04. The number of amides is 1. The molecule has 2 atom stereocenters. The fourth-order valence-corrected chi connectivity index (χ4v) is 5.30. The summed E-state index contributed by atoms with van der Waals surface area (Å²) in [6.45, 7) is 0. The number of nitrogens with two attached hydrogens (primary N) is 1. The van der Waals surface area contributed by atoms with Crippen LogP contribution in [0.5, 0.6) is 0 Å². The molecule has 0 saturated heterocycles. The second-order valence-corrected chi connectivity index (χ2v) is 9.70. The van der Waals surface area contributed by atoms with Gasteiger partial charge in [-0.1, -0.05) is 11.6 Å². The molecule has 1 aromatic carbocycles. The second-order valence-electron chi connectivity index (χ2n) is 9.29. The van der Waals surface area contributed by atoms with E-state index in [9.17, 15) is 18.7 Å². The Morgan fingerprint density at radius 3 is 2.57 bits per heavy atom. The van der Waals surface area contributed by atoms with Gasteiger partial charge in [-0.25, -0.2) is 18.7 Å². The zero-order valence-electron chi connectivity index (χ0n) is 18.8. The van der Waals surface area contributed by atoms with Gasteiger partial charge < -0.3 is 21.5 Å². The lowest BCUT2D eigenvalue weighted by Gasteiger charge is -2.29. The van der Waals surface area contributed by atoms with Crippen LogP contribution in [0.2, 0.25) is 5.02 Å². The Balaban J connectivity index is 1.52. The number of carbonyl (C=O) groups is 1. The number of primary amides is 1. The summed E-state index contributed by atoms with van der Waals surface area (Å²) in [5, 5.41) is 15.9. The minimum Gasteiger partial charge on any atom is -0.393 e. The summed E-state index contributed by atoms with van der Waals surface area (Å²) in [7, 11) is 0. The number of carbonyl (C=O) groups excluding carboxylic acids is 1. The number of benzene rings is 1. The second kappa shape index (κ2) is 9.54. The first kappa shape index (κ1) is 23.7. The maximum Gasteiger partial charge on any atom is 0.224 e. The number of fused-ring (bicyclic) bond motifs is 1. The normalized spacial score (nSPS) is 24.6. The minimum absolute atomic E-state index is 0.0644. The minimum atomic E-state index is -0.848. The van der Waals surface area contributed by atoms with Gasteiger partial charge in [0.2, 0.25) is 17.8 Å². The highest BCUT2D eigenvalue weighted by Crippen LogP contribution is 2.38. The summed E-state index contributed by atoms with van der Waals surface area (Å²) in [4.78, 5) is 25.3. The highest BCUT2D eigenvalue weighted by Gasteiger charge is 2.30. The monoisotopic (exact) mass is 505 g/mol. The largest absolute Gasteiger partial charge is 0.393 e. The quantitative estimate of drug-likeness (QED) is 0.397. The van der Waals surface area contributed by atoms with Crippen molar-refractivity contribution in [3.05, 3.63) is 35.0 Å². The molecule has 2 saturated carbocycles. The van der Waals surface area contributed by atoms with Crippen molar-refractivity contribution in [3.8, 4) is 0 Å². The molecule has 35 heavy (non-hydrogen) atoms. The predicted molar refractivity (Wildman–Crippen MR) is 127 cm³/mol. The van der Waals surface area contributed by atoms with Gasteiger partial charge in [-0.2, -0.15) is 4.98 Å². The molecule has 2 heterocycles. The number of imidazole rings is 1. The molecule has 0 unspecified atom stereocenters. The number of halogens is 3. The SMILES string of the molecule is NC(=O)[C@H]1CC[C@H](n2c(Nc3c(F)cc(F)cc3Cl)nc3cnc(N[C@@H]4CC[C@@H](O)C4)nc32)CC1. The highest BCUT2D eigenvalue weighted by molar-refractivity contribution is 6.33.